The molecule has 0 aliphatic carbocycles. The van der Waals surface area contributed by atoms with E-state index in [1.165, 1.54) is 6.07 Å². The molecule has 38 heavy (non-hydrogen) atoms. The van der Waals surface area contributed by atoms with Crippen LogP contribution in [0, 0.1) is 6.92 Å². The second-order valence-electron chi connectivity index (χ2n) is 9.09. The van der Waals surface area contributed by atoms with Crippen LogP contribution >= 0.6 is 0 Å². The Morgan fingerprint density at radius 1 is 0.789 bits per heavy atom. The van der Waals surface area contributed by atoms with E-state index in [1.807, 2.05) is 31.2 Å². The number of hydrogen-bond donors (Lipinski definition) is 2. The van der Waals surface area contributed by atoms with Gasteiger partial charge in [-0.2, -0.15) is 0 Å². The van der Waals surface area contributed by atoms with Gasteiger partial charge in [0, 0.05) is 54.7 Å². The highest BCUT2D eigenvalue weighted by molar-refractivity contribution is 7.93. The number of carbonyl (C=O) groups excluding carboxylic acids is 2. The number of aromatic nitrogens is 1. The molecule has 1 fully saturated rings. The van der Waals surface area contributed by atoms with Crippen LogP contribution in [-0.4, -0.2) is 61.3 Å². The predicted octanol–water partition coefficient (Wildman–Crippen LogP) is 4.33. The molecule has 0 atom stereocenters. The number of anilines is 2. The molecule has 0 spiro atoms. The maximum atomic E-state index is 13.0. The summed E-state index contributed by atoms with van der Waals surface area (Å²) in [6.07, 6.45) is 1.55. The molecule has 1 aliphatic heterocycles. The first kappa shape index (κ1) is 25.2. The summed E-state index contributed by atoms with van der Waals surface area (Å²) in [5.74, 6) is -0.170. The summed E-state index contributed by atoms with van der Waals surface area (Å²) < 4.78 is 28.6. The van der Waals surface area contributed by atoms with Gasteiger partial charge in [0.2, 0.25) is 0 Å². The number of carbonyl (C=O) groups is 2. The number of rotatable bonds is 5. The number of nitrogens with one attached hydrogen (secondary N) is 2. The molecule has 3 amide bonds. The molecule has 2 heterocycles. The summed E-state index contributed by atoms with van der Waals surface area (Å²) in [6, 6.07) is 22.2. The fraction of sp³-hybridized carbons (Fsp3) is 0.179. The van der Waals surface area contributed by atoms with E-state index in [0.717, 1.165) is 16.6 Å². The molecule has 5 rings (SSSR count). The summed E-state index contributed by atoms with van der Waals surface area (Å²) >= 11 is 0. The molecule has 0 unspecified atom stereocenters. The number of aryl methyl sites for hydroxylation is 1. The first-order valence-corrected chi connectivity index (χ1v) is 13.7. The van der Waals surface area contributed by atoms with Crippen molar-refractivity contribution in [1.82, 2.24) is 14.8 Å². The lowest BCUT2D eigenvalue weighted by atomic mass is 10.1. The highest BCUT2D eigenvalue weighted by atomic mass is 32.2. The van der Waals surface area contributed by atoms with E-state index in [4.69, 9.17) is 0 Å². The maximum absolute atomic E-state index is 13.0. The van der Waals surface area contributed by atoms with Crippen molar-refractivity contribution in [3.05, 3.63) is 96.2 Å². The Bertz CT molecular complexity index is 1570. The zero-order valence-corrected chi connectivity index (χ0v) is 21.6. The zero-order valence-electron chi connectivity index (χ0n) is 20.8. The van der Waals surface area contributed by atoms with Gasteiger partial charge in [-0.3, -0.25) is 14.5 Å². The summed E-state index contributed by atoms with van der Waals surface area (Å²) in [5, 5.41) is 3.61. The number of hydrogen-bond acceptors (Lipinski definition) is 5. The average Bonchev–Trinajstić information content (AvgIpc) is 2.94. The monoisotopic (exact) mass is 529 g/mol. The van der Waals surface area contributed by atoms with Crippen molar-refractivity contribution in [2.75, 3.05) is 36.2 Å². The van der Waals surface area contributed by atoms with Crippen molar-refractivity contribution < 1.29 is 18.0 Å². The highest BCUT2D eigenvalue weighted by Crippen LogP contribution is 2.24. The SMILES string of the molecule is Cc1ccc(NC(=O)N2CCN(C(=O)c3ccc(NS(=O)(=O)c4cccc5cccnc45)cc3)CC2)cc1. The van der Waals surface area contributed by atoms with Gasteiger partial charge in [-0.05, 0) is 55.5 Å². The topological polar surface area (TPSA) is 112 Å². The van der Waals surface area contributed by atoms with E-state index in [1.54, 1.807) is 64.5 Å². The van der Waals surface area contributed by atoms with E-state index >= 15 is 0 Å². The van der Waals surface area contributed by atoms with Crippen molar-refractivity contribution in [2.45, 2.75) is 11.8 Å². The maximum Gasteiger partial charge on any atom is 0.321 e. The van der Waals surface area contributed by atoms with E-state index < -0.39 is 10.0 Å². The van der Waals surface area contributed by atoms with Gasteiger partial charge in [0.15, 0.2) is 0 Å². The number of benzene rings is 3. The number of pyridine rings is 1. The Morgan fingerprint density at radius 2 is 1.42 bits per heavy atom. The van der Waals surface area contributed by atoms with E-state index in [-0.39, 0.29) is 16.8 Å². The third-order valence-corrected chi connectivity index (χ3v) is 7.84. The zero-order chi connectivity index (χ0) is 26.7. The first-order valence-electron chi connectivity index (χ1n) is 12.2. The molecular weight excluding hydrogens is 502 g/mol. The van der Waals surface area contributed by atoms with Gasteiger partial charge in [0.1, 0.15) is 4.90 Å². The first-order chi connectivity index (χ1) is 18.3. The van der Waals surface area contributed by atoms with Crippen molar-refractivity contribution in [2.24, 2.45) is 0 Å². The smallest absolute Gasteiger partial charge is 0.321 e. The van der Waals surface area contributed by atoms with Gasteiger partial charge < -0.3 is 15.1 Å². The Balaban J connectivity index is 1.19. The molecule has 4 aromatic rings. The molecule has 0 saturated carbocycles. The van der Waals surface area contributed by atoms with Gasteiger partial charge in [-0.1, -0.05) is 35.9 Å². The number of nitrogens with zero attached hydrogens (tertiary/aromatic N) is 3. The molecule has 10 heteroatoms. The lowest BCUT2D eigenvalue weighted by Gasteiger charge is -2.34. The van der Waals surface area contributed by atoms with Crippen LogP contribution in [0.5, 0.6) is 0 Å². The van der Waals surface area contributed by atoms with Crippen molar-refractivity contribution >= 4 is 44.2 Å². The molecule has 0 bridgehead atoms. The molecule has 1 aromatic heterocycles. The minimum absolute atomic E-state index is 0.0834. The lowest BCUT2D eigenvalue weighted by Crippen LogP contribution is -2.51. The molecule has 1 aliphatic rings. The molecule has 9 nitrogen and oxygen atoms in total. The Labute approximate surface area is 221 Å². The minimum Gasteiger partial charge on any atom is -0.335 e. The molecule has 1 saturated heterocycles. The van der Waals surface area contributed by atoms with Gasteiger partial charge in [-0.15, -0.1) is 0 Å². The summed E-state index contributed by atoms with van der Waals surface area (Å²) in [7, 11) is -3.88. The third kappa shape index (κ3) is 5.45. The molecule has 3 aromatic carbocycles. The number of amides is 3. The van der Waals surface area contributed by atoms with E-state index in [2.05, 4.69) is 15.0 Å². The molecule has 0 radical (unpaired) electrons. The summed E-state index contributed by atoms with van der Waals surface area (Å²) in [6.45, 7) is 3.63. The van der Waals surface area contributed by atoms with Gasteiger partial charge >= 0.3 is 6.03 Å². The summed E-state index contributed by atoms with van der Waals surface area (Å²) in [4.78, 5) is 33.3. The van der Waals surface area contributed by atoms with E-state index in [9.17, 15) is 18.0 Å². The molecule has 2 N–H and O–H groups in total. The standard InChI is InChI=1S/C28H27N5O4S/c1-20-7-11-23(12-8-20)30-28(35)33-18-16-32(17-19-33)27(34)22-9-13-24(14-10-22)31-38(36,37)25-6-2-4-21-5-3-15-29-26(21)25/h2-15,31H,16-19H2,1H3,(H,30,35). The Hall–Kier alpha value is -4.44. The second-order valence-corrected chi connectivity index (χ2v) is 10.7. The van der Waals surface area contributed by atoms with Crippen LogP contribution < -0.4 is 10.0 Å². The van der Waals surface area contributed by atoms with Crippen LogP contribution in [0.1, 0.15) is 15.9 Å². The highest BCUT2D eigenvalue weighted by Gasteiger charge is 2.25. The largest absolute Gasteiger partial charge is 0.335 e. The Kier molecular flexibility index (Phi) is 6.97. The van der Waals surface area contributed by atoms with Crippen LogP contribution in [-0.2, 0) is 10.0 Å². The van der Waals surface area contributed by atoms with Crippen molar-refractivity contribution in [3.8, 4) is 0 Å². The number of fused-ring (bicyclic) bond motifs is 1. The third-order valence-electron chi connectivity index (χ3n) is 6.43. The van der Waals surface area contributed by atoms with Crippen LogP contribution in [0.2, 0.25) is 0 Å². The quantitative estimate of drug-likeness (QED) is 0.400. The van der Waals surface area contributed by atoms with Gasteiger partial charge in [-0.25, -0.2) is 13.2 Å². The predicted molar refractivity (Wildman–Crippen MR) is 147 cm³/mol. The average molecular weight is 530 g/mol. The lowest BCUT2D eigenvalue weighted by molar-refractivity contribution is 0.0671. The van der Waals surface area contributed by atoms with Crippen LogP contribution in [0.3, 0.4) is 0 Å². The fourth-order valence-electron chi connectivity index (χ4n) is 4.32. The fourth-order valence-corrected chi connectivity index (χ4v) is 5.56. The van der Waals surface area contributed by atoms with Gasteiger partial charge in [0.05, 0.1) is 5.52 Å². The number of sulfonamides is 1. The van der Waals surface area contributed by atoms with Crippen LogP contribution in [0.15, 0.2) is 90.0 Å². The molecule has 194 valence electrons. The molecular formula is C28H27N5O4S. The Morgan fingerprint density at radius 3 is 2.13 bits per heavy atom. The second kappa shape index (κ2) is 10.5. The normalized spacial score (nSPS) is 13.8. The minimum atomic E-state index is -3.88. The van der Waals surface area contributed by atoms with Crippen molar-refractivity contribution in [3.63, 3.8) is 0 Å². The number of urea groups is 1. The number of piperazine rings is 1. The van der Waals surface area contributed by atoms with Gasteiger partial charge in [0.25, 0.3) is 15.9 Å². The summed E-state index contributed by atoms with van der Waals surface area (Å²) in [5.41, 5.74) is 3.01. The van der Waals surface area contributed by atoms with Crippen LogP contribution in [0.4, 0.5) is 16.2 Å². The number of para-hydroxylation sites is 1. The van der Waals surface area contributed by atoms with Crippen molar-refractivity contribution in [1.29, 1.82) is 0 Å². The van der Waals surface area contributed by atoms with E-state index in [0.29, 0.717) is 42.9 Å². The van der Waals surface area contributed by atoms with Crippen LogP contribution in [0.25, 0.3) is 10.9 Å².